The van der Waals surface area contributed by atoms with Crippen molar-refractivity contribution in [1.82, 2.24) is 0 Å². The minimum Gasteiger partial charge on any atom is -0.493 e. The zero-order valence-corrected chi connectivity index (χ0v) is 7.61. The van der Waals surface area contributed by atoms with Crippen LogP contribution in [0.25, 0.3) is 0 Å². The lowest BCUT2D eigenvalue weighted by molar-refractivity contribution is 0.352. The number of hydrogen-bond acceptors (Lipinski definition) is 4. The molecule has 1 aromatic rings. The van der Waals surface area contributed by atoms with E-state index in [1.807, 2.05) is 0 Å². The fourth-order valence-corrected chi connectivity index (χ4v) is 1.15. The highest BCUT2D eigenvalue weighted by Crippen LogP contribution is 2.30. The monoisotopic (exact) mass is 181 g/mol. The van der Waals surface area contributed by atoms with E-state index in [9.17, 15) is 4.91 Å². The summed E-state index contributed by atoms with van der Waals surface area (Å²) in [5.41, 5.74) is 0.733. The second-order valence-electron chi connectivity index (χ2n) is 2.44. The first-order chi connectivity index (χ1) is 6.33. The lowest BCUT2D eigenvalue weighted by atomic mass is 10.2. The smallest absolute Gasteiger partial charge is 0.165 e. The molecule has 0 saturated heterocycles. The summed E-state index contributed by atoms with van der Waals surface area (Å²) >= 11 is 0. The third-order valence-electron chi connectivity index (χ3n) is 1.72. The van der Waals surface area contributed by atoms with E-state index in [1.54, 1.807) is 25.3 Å². The number of methoxy groups -OCH3 is 2. The van der Waals surface area contributed by atoms with Gasteiger partial charge < -0.3 is 9.47 Å². The maximum absolute atomic E-state index is 10.1. The van der Waals surface area contributed by atoms with Gasteiger partial charge in [0.15, 0.2) is 11.5 Å². The fraction of sp³-hybridized carbons (Fsp3) is 0.333. The molecule has 1 rings (SSSR count). The zero-order valence-electron chi connectivity index (χ0n) is 7.61. The molecule has 0 aliphatic heterocycles. The average molecular weight is 181 g/mol. The predicted molar refractivity (Wildman–Crippen MR) is 49.0 cm³/mol. The van der Waals surface area contributed by atoms with Gasteiger partial charge in [-0.2, -0.15) is 4.91 Å². The van der Waals surface area contributed by atoms with E-state index in [1.165, 1.54) is 7.11 Å². The molecule has 0 aromatic heterocycles. The van der Waals surface area contributed by atoms with Crippen LogP contribution in [0.2, 0.25) is 0 Å². The molecule has 70 valence electrons. The van der Waals surface area contributed by atoms with Crippen LogP contribution in [-0.2, 0) is 6.54 Å². The van der Waals surface area contributed by atoms with Gasteiger partial charge in [-0.25, -0.2) is 0 Å². The van der Waals surface area contributed by atoms with Gasteiger partial charge in [0, 0.05) is 5.56 Å². The molecule has 0 bridgehead atoms. The van der Waals surface area contributed by atoms with Crippen LogP contribution >= 0.6 is 0 Å². The zero-order chi connectivity index (χ0) is 9.68. The molecule has 4 heteroatoms. The molecule has 0 N–H and O–H groups in total. The van der Waals surface area contributed by atoms with Gasteiger partial charge in [-0.3, -0.25) is 0 Å². The first kappa shape index (κ1) is 9.51. The summed E-state index contributed by atoms with van der Waals surface area (Å²) in [4.78, 5) is 10.1. The van der Waals surface area contributed by atoms with Crippen molar-refractivity contribution in [2.75, 3.05) is 14.2 Å². The SMILES string of the molecule is COc1cccc(CN=O)c1OC. The Bertz CT molecular complexity index is 299. The highest BCUT2D eigenvalue weighted by molar-refractivity contribution is 5.46. The molecule has 0 atom stereocenters. The van der Waals surface area contributed by atoms with E-state index in [4.69, 9.17) is 9.47 Å². The maximum atomic E-state index is 10.1. The molecule has 0 heterocycles. The number of para-hydroxylation sites is 1. The third-order valence-corrected chi connectivity index (χ3v) is 1.72. The predicted octanol–water partition coefficient (Wildman–Crippen LogP) is 1.97. The van der Waals surface area contributed by atoms with Gasteiger partial charge in [0.05, 0.1) is 14.2 Å². The minimum atomic E-state index is 0.0976. The quantitative estimate of drug-likeness (QED) is 0.667. The Morgan fingerprint density at radius 2 is 2.08 bits per heavy atom. The largest absolute Gasteiger partial charge is 0.493 e. The summed E-state index contributed by atoms with van der Waals surface area (Å²) in [5, 5.41) is 2.80. The molecular weight excluding hydrogens is 170 g/mol. The van der Waals surface area contributed by atoms with Crippen LogP contribution in [0, 0.1) is 4.91 Å². The molecule has 0 spiro atoms. The normalized spacial score (nSPS) is 9.38. The van der Waals surface area contributed by atoms with Gasteiger partial charge in [0.25, 0.3) is 0 Å². The van der Waals surface area contributed by atoms with Crippen LogP contribution < -0.4 is 9.47 Å². The van der Waals surface area contributed by atoms with Gasteiger partial charge >= 0.3 is 0 Å². The van der Waals surface area contributed by atoms with Crippen molar-refractivity contribution in [3.05, 3.63) is 28.7 Å². The Hall–Kier alpha value is -1.58. The molecule has 0 aliphatic rings. The van der Waals surface area contributed by atoms with Crippen LogP contribution in [0.5, 0.6) is 11.5 Å². The van der Waals surface area contributed by atoms with Crippen LogP contribution in [0.3, 0.4) is 0 Å². The number of nitroso groups, excluding NO2 is 1. The fourth-order valence-electron chi connectivity index (χ4n) is 1.15. The summed E-state index contributed by atoms with van der Waals surface area (Å²) in [6.45, 7) is 0.0976. The highest BCUT2D eigenvalue weighted by atomic mass is 16.5. The second kappa shape index (κ2) is 4.45. The van der Waals surface area contributed by atoms with Crippen molar-refractivity contribution in [2.24, 2.45) is 5.18 Å². The number of nitrogens with zero attached hydrogens (tertiary/aromatic N) is 1. The number of rotatable bonds is 4. The minimum absolute atomic E-state index is 0.0976. The van der Waals surface area contributed by atoms with Crippen LogP contribution in [0.15, 0.2) is 23.4 Å². The van der Waals surface area contributed by atoms with Gasteiger partial charge in [-0.05, 0) is 6.07 Å². The molecular formula is C9H11NO3. The molecule has 0 radical (unpaired) electrons. The third kappa shape index (κ3) is 1.96. The van der Waals surface area contributed by atoms with E-state index in [0.717, 1.165) is 5.56 Å². The molecule has 4 nitrogen and oxygen atoms in total. The molecule has 0 aliphatic carbocycles. The number of hydrogen-bond donors (Lipinski definition) is 0. The van der Waals surface area contributed by atoms with Crippen LogP contribution in [0.1, 0.15) is 5.56 Å². The van der Waals surface area contributed by atoms with Crippen molar-refractivity contribution in [3.63, 3.8) is 0 Å². The molecule has 0 unspecified atom stereocenters. The Balaban J connectivity index is 3.10. The summed E-state index contributed by atoms with van der Waals surface area (Å²) < 4.78 is 10.2. The Morgan fingerprint density at radius 1 is 1.31 bits per heavy atom. The first-order valence-corrected chi connectivity index (χ1v) is 3.82. The van der Waals surface area contributed by atoms with Gasteiger partial charge in [0.2, 0.25) is 0 Å². The number of benzene rings is 1. The van der Waals surface area contributed by atoms with E-state index in [-0.39, 0.29) is 6.54 Å². The first-order valence-electron chi connectivity index (χ1n) is 3.82. The Labute approximate surface area is 76.4 Å². The molecule has 0 saturated carbocycles. The lowest BCUT2D eigenvalue weighted by Gasteiger charge is -2.09. The Kier molecular flexibility index (Phi) is 3.25. The van der Waals surface area contributed by atoms with Crippen molar-refractivity contribution < 1.29 is 9.47 Å². The van der Waals surface area contributed by atoms with Crippen molar-refractivity contribution in [2.45, 2.75) is 6.54 Å². The molecule has 13 heavy (non-hydrogen) atoms. The summed E-state index contributed by atoms with van der Waals surface area (Å²) in [6.07, 6.45) is 0. The van der Waals surface area contributed by atoms with Gasteiger partial charge in [0.1, 0.15) is 6.54 Å². The van der Waals surface area contributed by atoms with E-state index >= 15 is 0 Å². The van der Waals surface area contributed by atoms with Crippen LogP contribution in [0.4, 0.5) is 0 Å². The summed E-state index contributed by atoms with van der Waals surface area (Å²) in [7, 11) is 3.09. The van der Waals surface area contributed by atoms with E-state index in [0.29, 0.717) is 11.5 Å². The maximum Gasteiger partial charge on any atom is 0.165 e. The van der Waals surface area contributed by atoms with Gasteiger partial charge in [-0.15, -0.1) is 0 Å². The van der Waals surface area contributed by atoms with Crippen molar-refractivity contribution in [3.8, 4) is 11.5 Å². The number of ether oxygens (including phenoxy) is 2. The van der Waals surface area contributed by atoms with E-state index < -0.39 is 0 Å². The molecule has 1 aromatic carbocycles. The van der Waals surface area contributed by atoms with Crippen LogP contribution in [-0.4, -0.2) is 14.2 Å². The summed E-state index contributed by atoms with van der Waals surface area (Å²) in [6, 6.07) is 5.34. The van der Waals surface area contributed by atoms with Crippen molar-refractivity contribution >= 4 is 0 Å². The average Bonchev–Trinajstić information content (AvgIpc) is 2.18. The lowest BCUT2D eigenvalue weighted by Crippen LogP contribution is -1.94. The molecule has 0 amide bonds. The topological polar surface area (TPSA) is 47.9 Å². The van der Waals surface area contributed by atoms with Crippen molar-refractivity contribution in [1.29, 1.82) is 0 Å². The Morgan fingerprint density at radius 3 is 2.62 bits per heavy atom. The highest BCUT2D eigenvalue weighted by Gasteiger charge is 2.08. The van der Waals surface area contributed by atoms with Gasteiger partial charge in [-0.1, -0.05) is 17.3 Å². The summed E-state index contributed by atoms with van der Waals surface area (Å²) in [5.74, 6) is 1.19. The van der Waals surface area contributed by atoms with E-state index in [2.05, 4.69) is 5.18 Å². The second-order valence-corrected chi connectivity index (χ2v) is 2.44. The standard InChI is InChI=1S/C9H11NO3/c1-12-8-5-3-4-7(6-10-11)9(8)13-2/h3-5H,6H2,1-2H3. The molecule has 0 fully saturated rings.